The van der Waals surface area contributed by atoms with Crippen molar-refractivity contribution in [1.29, 1.82) is 0 Å². The van der Waals surface area contributed by atoms with Crippen LogP contribution in [-0.4, -0.2) is 75.9 Å². The van der Waals surface area contributed by atoms with Crippen LogP contribution in [0.2, 0.25) is 0 Å². The van der Waals surface area contributed by atoms with Crippen LogP contribution in [0.3, 0.4) is 0 Å². The van der Waals surface area contributed by atoms with Crippen molar-refractivity contribution in [2.75, 3.05) is 50.0 Å². The Hall–Kier alpha value is -3.08. The standard InChI is InChI=1S/C23H29N9S/c1-15-14-32(11-10-31(15)9-8-24-3)17-6-7-25-21(12-17)29-23-28-20-5-4-19(27-22(20)33-23)18-13-26-30-16(18)2/h4-7,12-13,15,24H,8-11,14H2,1-3H3,(H,26,30)(H,25,28,29). The molecule has 1 aliphatic rings. The number of rotatable bonds is 7. The van der Waals surface area contributed by atoms with Crippen molar-refractivity contribution in [3.63, 3.8) is 0 Å². The summed E-state index contributed by atoms with van der Waals surface area (Å²) in [6, 6.07) is 8.70. The van der Waals surface area contributed by atoms with Crippen LogP contribution in [0.15, 0.2) is 36.7 Å². The van der Waals surface area contributed by atoms with Gasteiger partial charge in [0.1, 0.15) is 16.2 Å². The van der Waals surface area contributed by atoms with E-state index < -0.39 is 0 Å². The predicted molar refractivity (Wildman–Crippen MR) is 134 cm³/mol. The van der Waals surface area contributed by atoms with Crippen molar-refractivity contribution in [3.8, 4) is 11.3 Å². The normalized spacial score (nSPS) is 17.1. The summed E-state index contributed by atoms with van der Waals surface area (Å²) in [5.41, 5.74) is 4.96. The van der Waals surface area contributed by atoms with E-state index in [1.165, 1.54) is 17.0 Å². The molecule has 0 spiro atoms. The molecule has 4 aromatic rings. The van der Waals surface area contributed by atoms with E-state index in [9.17, 15) is 0 Å². The number of nitrogens with zero attached hydrogens (tertiary/aromatic N) is 6. The zero-order valence-corrected chi connectivity index (χ0v) is 20.0. The van der Waals surface area contributed by atoms with Crippen LogP contribution >= 0.6 is 11.3 Å². The Labute approximate surface area is 197 Å². The summed E-state index contributed by atoms with van der Waals surface area (Å²) >= 11 is 1.53. The Bertz CT molecular complexity index is 1230. The molecule has 33 heavy (non-hydrogen) atoms. The Kier molecular flexibility index (Phi) is 6.21. The molecule has 10 heteroatoms. The highest BCUT2D eigenvalue weighted by atomic mass is 32.1. The fourth-order valence-electron chi connectivity index (χ4n) is 4.24. The molecule has 9 nitrogen and oxygen atoms in total. The van der Waals surface area contributed by atoms with Crippen molar-refractivity contribution in [2.45, 2.75) is 19.9 Å². The molecule has 1 unspecified atom stereocenters. The molecule has 0 amide bonds. The summed E-state index contributed by atoms with van der Waals surface area (Å²) in [5, 5.41) is 14.5. The zero-order valence-electron chi connectivity index (χ0n) is 19.2. The monoisotopic (exact) mass is 463 g/mol. The lowest BCUT2D eigenvalue weighted by Gasteiger charge is -2.41. The third-order valence-corrected chi connectivity index (χ3v) is 7.00. The van der Waals surface area contributed by atoms with Gasteiger partial charge in [0.25, 0.3) is 0 Å². The molecule has 1 saturated heterocycles. The van der Waals surface area contributed by atoms with Crippen LogP contribution < -0.4 is 15.5 Å². The highest BCUT2D eigenvalue weighted by Gasteiger charge is 2.23. The number of likely N-dealkylation sites (N-methyl/N-ethyl adjacent to an activating group) is 1. The molecule has 5 rings (SSSR count). The van der Waals surface area contributed by atoms with Crippen LogP contribution in [0, 0.1) is 6.92 Å². The highest BCUT2D eigenvalue weighted by Crippen LogP contribution is 2.30. The molecule has 5 heterocycles. The van der Waals surface area contributed by atoms with Gasteiger partial charge in [-0.05, 0) is 39.1 Å². The fourth-order valence-corrected chi connectivity index (χ4v) is 5.09. The summed E-state index contributed by atoms with van der Waals surface area (Å²) in [4.78, 5) is 19.9. The van der Waals surface area contributed by atoms with Crippen LogP contribution in [0.4, 0.5) is 16.6 Å². The second kappa shape index (κ2) is 9.42. The number of aromatic nitrogens is 5. The minimum atomic E-state index is 0.514. The van der Waals surface area contributed by atoms with Gasteiger partial charge in [-0.3, -0.25) is 10.00 Å². The molecule has 0 aromatic carbocycles. The molecular formula is C23H29N9S. The number of piperazine rings is 1. The molecule has 0 bridgehead atoms. The maximum absolute atomic E-state index is 4.79. The van der Waals surface area contributed by atoms with Crippen molar-refractivity contribution >= 4 is 38.3 Å². The molecule has 1 atom stereocenters. The van der Waals surface area contributed by atoms with Gasteiger partial charge in [0, 0.05) is 68.0 Å². The highest BCUT2D eigenvalue weighted by molar-refractivity contribution is 7.21. The lowest BCUT2D eigenvalue weighted by Crippen LogP contribution is -2.53. The third kappa shape index (κ3) is 4.68. The number of hydrogen-bond donors (Lipinski definition) is 3. The quantitative estimate of drug-likeness (QED) is 0.384. The zero-order chi connectivity index (χ0) is 22.8. The number of pyridine rings is 2. The van der Waals surface area contributed by atoms with Gasteiger partial charge in [-0.15, -0.1) is 0 Å². The van der Waals surface area contributed by atoms with Crippen LogP contribution in [-0.2, 0) is 0 Å². The number of fused-ring (bicyclic) bond motifs is 1. The number of hydrogen-bond acceptors (Lipinski definition) is 9. The van der Waals surface area contributed by atoms with E-state index in [1.54, 1.807) is 6.20 Å². The van der Waals surface area contributed by atoms with Gasteiger partial charge in [-0.25, -0.2) is 15.0 Å². The number of aryl methyl sites for hydroxylation is 1. The lowest BCUT2D eigenvalue weighted by molar-refractivity contribution is 0.191. The SMILES string of the molecule is CNCCN1CCN(c2ccnc(Nc3nc4ccc(-c5cn[nH]c5C)nc4s3)c2)CC1C. The Morgan fingerprint density at radius 2 is 2.12 bits per heavy atom. The maximum Gasteiger partial charge on any atom is 0.190 e. The average Bonchev–Trinajstić information content (AvgIpc) is 3.43. The van der Waals surface area contributed by atoms with Gasteiger partial charge in [-0.1, -0.05) is 11.3 Å². The van der Waals surface area contributed by atoms with Gasteiger partial charge in [0.15, 0.2) is 5.13 Å². The number of aromatic amines is 1. The molecule has 0 saturated carbocycles. The molecule has 172 valence electrons. The molecule has 1 fully saturated rings. The van der Waals surface area contributed by atoms with Crippen LogP contribution in [0.1, 0.15) is 12.6 Å². The Morgan fingerprint density at radius 3 is 2.91 bits per heavy atom. The van der Waals surface area contributed by atoms with Gasteiger partial charge < -0.3 is 15.5 Å². The van der Waals surface area contributed by atoms with Crippen molar-refractivity contribution < 1.29 is 0 Å². The first-order valence-electron chi connectivity index (χ1n) is 11.3. The van der Waals surface area contributed by atoms with Gasteiger partial charge >= 0.3 is 0 Å². The predicted octanol–water partition coefficient (Wildman–Crippen LogP) is 3.26. The lowest BCUT2D eigenvalue weighted by atomic mass is 10.1. The minimum Gasteiger partial charge on any atom is -0.369 e. The topological polar surface area (TPSA) is 97.9 Å². The average molecular weight is 464 g/mol. The summed E-state index contributed by atoms with van der Waals surface area (Å²) in [7, 11) is 2.01. The Morgan fingerprint density at radius 1 is 1.21 bits per heavy atom. The van der Waals surface area contributed by atoms with E-state index in [4.69, 9.17) is 9.97 Å². The molecular weight excluding hydrogens is 434 g/mol. The van der Waals surface area contributed by atoms with E-state index in [0.29, 0.717) is 6.04 Å². The maximum atomic E-state index is 4.79. The first-order valence-corrected chi connectivity index (χ1v) is 12.1. The molecule has 0 aliphatic carbocycles. The first kappa shape index (κ1) is 21.7. The van der Waals surface area contributed by atoms with E-state index in [1.807, 2.05) is 32.3 Å². The summed E-state index contributed by atoms with van der Waals surface area (Å²) in [6.07, 6.45) is 3.67. The van der Waals surface area contributed by atoms with Gasteiger partial charge in [-0.2, -0.15) is 5.10 Å². The first-order chi connectivity index (χ1) is 16.1. The number of thiazole rings is 1. The van der Waals surface area contributed by atoms with Gasteiger partial charge in [0.05, 0.1) is 11.9 Å². The summed E-state index contributed by atoms with van der Waals surface area (Å²) in [6.45, 7) is 9.49. The number of anilines is 3. The largest absolute Gasteiger partial charge is 0.369 e. The van der Waals surface area contributed by atoms with Crippen molar-refractivity contribution in [1.82, 2.24) is 35.4 Å². The minimum absolute atomic E-state index is 0.514. The summed E-state index contributed by atoms with van der Waals surface area (Å²) < 4.78 is 0. The molecule has 3 N–H and O–H groups in total. The third-order valence-electron chi connectivity index (χ3n) is 6.12. The molecule has 0 radical (unpaired) electrons. The van der Waals surface area contributed by atoms with Crippen molar-refractivity contribution in [3.05, 3.63) is 42.4 Å². The number of H-pyrrole nitrogens is 1. The van der Waals surface area contributed by atoms with Crippen molar-refractivity contribution in [2.24, 2.45) is 0 Å². The second-order valence-electron chi connectivity index (χ2n) is 8.41. The van der Waals surface area contributed by atoms with E-state index >= 15 is 0 Å². The summed E-state index contributed by atoms with van der Waals surface area (Å²) in [5.74, 6) is 0.794. The van der Waals surface area contributed by atoms with Gasteiger partial charge in [0.2, 0.25) is 0 Å². The number of nitrogens with one attached hydrogen (secondary N) is 3. The second-order valence-corrected chi connectivity index (χ2v) is 9.38. The molecule has 1 aliphatic heterocycles. The van der Waals surface area contributed by atoms with Crippen LogP contribution in [0.25, 0.3) is 21.6 Å². The molecule has 4 aromatic heterocycles. The van der Waals surface area contributed by atoms with E-state index in [0.717, 1.165) is 71.0 Å². The fraction of sp³-hybridized carbons (Fsp3) is 0.391. The van der Waals surface area contributed by atoms with Crippen LogP contribution in [0.5, 0.6) is 0 Å². The Balaban J connectivity index is 1.30. The van der Waals surface area contributed by atoms with E-state index in [-0.39, 0.29) is 0 Å². The smallest absolute Gasteiger partial charge is 0.190 e. The van der Waals surface area contributed by atoms with E-state index in [2.05, 4.69) is 54.7 Å².